The van der Waals surface area contributed by atoms with Crippen LogP contribution in [-0.2, 0) is 19.4 Å². The fourth-order valence-electron chi connectivity index (χ4n) is 1.73. The van der Waals surface area contributed by atoms with Gasteiger partial charge in [0.05, 0.1) is 22.6 Å². The number of hydrogen-bond acceptors (Lipinski definition) is 7. The van der Waals surface area contributed by atoms with E-state index in [2.05, 4.69) is 15.5 Å². The van der Waals surface area contributed by atoms with Gasteiger partial charge in [0.25, 0.3) is 0 Å². The molecule has 8 nitrogen and oxygen atoms in total. The molecule has 1 aliphatic rings. The van der Waals surface area contributed by atoms with E-state index in [1.54, 1.807) is 0 Å². The number of hydrogen-bond donors (Lipinski definition) is 2. The summed E-state index contributed by atoms with van der Waals surface area (Å²) < 4.78 is 22.8. The summed E-state index contributed by atoms with van der Waals surface area (Å²) in [5, 5.41) is 18.3. The molecule has 128 valence electrons. The maximum atomic E-state index is 11.5. The highest BCUT2D eigenvalue weighted by Crippen LogP contribution is 2.23. The number of benzene rings is 1. The lowest BCUT2D eigenvalue weighted by molar-refractivity contribution is -0.138. The standard InChI is InChI=1S/C13H12ClN3O5S2/c1-24(21,22)8-3-2-7(9(14)4-8)6-15-17-13-16-12(20)10(23-13)5-11(18)19/h2-4,6,10H,5H2,1H3,(H,18,19)(H,16,17,20). The van der Waals surface area contributed by atoms with Gasteiger partial charge in [-0.05, 0) is 12.1 Å². The largest absolute Gasteiger partial charge is 0.481 e. The molecule has 0 spiro atoms. The number of rotatable bonds is 5. The molecule has 0 aromatic heterocycles. The summed E-state index contributed by atoms with van der Waals surface area (Å²) in [5.74, 6) is -1.52. The van der Waals surface area contributed by atoms with Crippen LogP contribution < -0.4 is 5.32 Å². The third-order valence-electron chi connectivity index (χ3n) is 2.88. The second-order valence-electron chi connectivity index (χ2n) is 4.80. The highest BCUT2D eigenvalue weighted by atomic mass is 35.5. The first kappa shape index (κ1) is 18.4. The molecule has 1 aromatic rings. The van der Waals surface area contributed by atoms with Crippen molar-refractivity contribution in [2.75, 3.05) is 6.26 Å². The maximum absolute atomic E-state index is 11.5. The maximum Gasteiger partial charge on any atom is 0.305 e. The van der Waals surface area contributed by atoms with E-state index in [0.717, 1.165) is 18.0 Å². The molecule has 1 unspecified atom stereocenters. The van der Waals surface area contributed by atoms with Gasteiger partial charge in [-0.3, -0.25) is 9.59 Å². The predicted octanol–water partition coefficient (Wildman–Crippen LogP) is 1.14. The molecule has 0 radical (unpaired) electrons. The van der Waals surface area contributed by atoms with E-state index in [9.17, 15) is 18.0 Å². The summed E-state index contributed by atoms with van der Waals surface area (Å²) in [6.45, 7) is 0. The van der Waals surface area contributed by atoms with Crippen LogP contribution in [0.25, 0.3) is 0 Å². The minimum atomic E-state index is -3.35. The van der Waals surface area contributed by atoms with Crippen molar-refractivity contribution < 1.29 is 23.1 Å². The second kappa shape index (κ2) is 7.32. The van der Waals surface area contributed by atoms with E-state index in [0.29, 0.717) is 5.56 Å². The van der Waals surface area contributed by atoms with Crippen LogP contribution in [0.3, 0.4) is 0 Å². The molecule has 0 saturated carbocycles. The van der Waals surface area contributed by atoms with Crippen molar-refractivity contribution in [3.63, 3.8) is 0 Å². The Morgan fingerprint density at radius 1 is 1.50 bits per heavy atom. The van der Waals surface area contributed by atoms with Gasteiger partial charge < -0.3 is 10.4 Å². The van der Waals surface area contributed by atoms with Gasteiger partial charge in [-0.15, -0.1) is 5.10 Å². The number of carbonyl (C=O) groups excluding carboxylic acids is 1. The lowest BCUT2D eigenvalue weighted by atomic mass is 10.2. The van der Waals surface area contributed by atoms with Gasteiger partial charge in [0, 0.05) is 11.8 Å². The van der Waals surface area contributed by atoms with E-state index in [1.165, 1.54) is 24.4 Å². The molecule has 1 atom stereocenters. The van der Waals surface area contributed by atoms with E-state index in [-0.39, 0.29) is 21.5 Å². The summed E-state index contributed by atoms with van der Waals surface area (Å²) >= 11 is 6.96. The normalized spacial score (nSPS) is 19.8. The average Bonchev–Trinajstić information content (AvgIpc) is 2.79. The van der Waals surface area contributed by atoms with Gasteiger partial charge in [0.15, 0.2) is 15.0 Å². The van der Waals surface area contributed by atoms with Crippen molar-refractivity contribution in [2.24, 2.45) is 10.2 Å². The summed E-state index contributed by atoms with van der Waals surface area (Å²) in [5.41, 5.74) is 0.449. The zero-order chi connectivity index (χ0) is 17.9. The number of sulfone groups is 1. The number of nitrogens with one attached hydrogen (secondary N) is 1. The number of amides is 1. The minimum absolute atomic E-state index is 0.0890. The number of amidine groups is 1. The minimum Gasteiger partial charge on any atom is -0.481 e. The van der Waals surface area contributed by atoms with Crippen molar-refractivity contribution in [3.8, 4) is 0 Å². The molecule has 1 saturated heterocycles. The van der Waals surface area contributed by atoms with Crippen LogP contribution in [-0.4, -0.2) is 48.3 Å². The second-order valence-corrected chi connectivity index (χ2v) is 8.41. The summed E-state index contributed by atoms with van der Waals surface area (Å²) in [4.78, 5) is 22.2. The number of thioether (sulfide) groups is 1. The molecule has 2 N–H and O–H groups in total. The van der Waals surface area contributed by atoms with E-state index in [4.69, 9.17) is 16.7 Å². The smallest absolute Gasteiger partial charge is 0.305 e. The molecule has 0 bridgehead atoms. The van der Waals surface area contributed by atoms with Crippen LogP contribution in [0, 0.1) is 0 Å². The van der Waals surface area contributed by atoms with Crippen LogP contribution in [0.2, 0.25) is 5.02 Å². The molecular weight excluding hydrogens is 378 g/mol. The molecule has 1 heterocycles. The average molecular weight is 390 g/mol. The van der Waals surface area contributed by atoms with Crippen molar-refractivity contribution in [1.29, 1.82) is 0 Å². The predicted molar refractivity (Wildman–Crippen MR) is 91.4 cm³/mol. The Balaban J connectivity index is 2.09. The third kappa shape index (κ3) is 4.79. The van der Waals surface area contributed by atoms with Crippen LogP contribution in [0.1, 0.15) is 12.0 Å². The monoisotopic (exact) mass is 389 g/mol. The van der Waals surface area contributed by atoms with Crippen molar-refractivity contribution >= 4 is 56.5 Å². The lowest BCUT2D eigenvalue weighted by Crippen LogP contribution is -2.26. The van der Waals surface area contributed by atoms with E-state index >= 15 is 0 Å². The van der Waals surface area contributed by atoms with Crippen LogP contribution in [0.4, 0.5) is 0 Å². The fraction of sp³-hybridized carbons (Fsp3) is 0.231. The van der Waals surface area contributed by atoms with Gasteiger partial charge in [0.1, 0.15) is 5.25 Å². The van der Waals surface area contributed by atoms with Crippen LogP contribution in [0.15, 0.2) is 33.3 Å². The Bertz CT molecular complexity index is 851. The summed E-state index contributed by atoms with van der Waals surface area (Å²) in [6.07, 6.45) is 2.07. The van der Waals surface area contributed by atoms with E-state index < -0.39 is 27.0 Å². The Labute approximate surface area is 146 Å². The number of carboxylic acids is 1. The molecule has 1 amide bonds. The Morgan fingerprint density at radius 3 is 2.79 bits per heavy atom. The first-order chi connectivity index (χ1) is 11.2. The van der Waals surface area contributed by atoms with Crippen LogP contribution in [0.5, 0.6) is 0 Å². The summed E-state index contributed by atoms with van der Waals surface area (Å²) in [6, 6.07) is 4.18. The molecular formula is C13H12ClN3O5S2. The van der Waals surface area contributed by atoms with Gasteiger partial charge in [-0.2, -0.15) is 5.10 Å². The first-order valence-electron chi connectivity index (χ1n) is 6.47. The third-order valence-corrected chi connectivity index (χ3v) is 5.39. The molecule has 2 rings (SSSR count). The summed E-state index contributed by atoms with van der Waals surface area (Å²) in [7, 11) is -3.35. The van der Waals surface area contributed by atoms with Gasteiger partial charge in [-0.25, -0.2) is 8.42 Å². The van der Waals surface area contributed by atoms with Gasteiger partial charge in [-0.1, -0.05) is 29.4 Å². The van der Waals surface area contributed by atoms with Crippen molar-refractivity contribution in [1.82, 2.24) is 5.32 Å². The zero-order valence-corrected chi connectivity index (χ0v) is 14.7. The fourth-order valence-corrected chi connectivity index (χ4v) is 3.59. The number of carbonyl (C=O) groups is 2. The highest BCUT2D eigenvalue weighted by molar-refractivity contribution is 8.15. The SMILES string of the molecule is CS(=O)(=O)c1ccc(C=NN=C2NC(=O)C(CC(=O)O)S2)c(Cl)c1. The Hall–Kier alpha value is -1.91. The molecule has 11 heteroatoms. The lowest BCUT2D eigenvalue weighted by Gasteiger charge is -2.01. The molecule has 1 aromatic carbocycles. The van der Waals surface area contributed by atoms with Crippen molar-refractivity contribution in [2.45, 2.75) is 16.6 Å². The Kier molecular flexibility index (Phi) is 5.62. The van der Waals surface area contributed by atoms with Crippen LogP contribution >= 0.6 is 23.4 Å². The quantitative estimate of drug-likeness (QED) is 0.574. The number of halogens is 1. The van der Waals surface area contributed by atoms with Gasteiger partial charge in [0.2, 0.25) is 5.91 Å². The number of carboxylic acid groups (broad SMARTS) is 1. The number of nitrogens with zero attached hydrogens (tertiary/aromatic N) is 2. The highest BCUT2D eigenvalue weighted by Gasteiger charge is 2.32. The van der Waals surface area contributed by atoms with E-state index in [1.807, 2.05) is 0 Å². The van der Waals surface area contributed by atoms with Gasteiger partial charge >= 0.3 is 5.97 Å². The molecule has 1 aliphatic heterocycles. The zero-order valence-electron chi connectivity index (χ0n) is 12.3. The molecule has 1 fully saturated rings. The Morgan fingerprint density at radius 2 is 2.21 bits per heavy atom. The first-order valence-corrected chi connectivity index (χ1v) is 9.61. The number of aliphatic carboxylic acids is 1. The topological polar surface area (TPSA) is 125 Å². The molecule has 24 heavy (non-hydrogen) atoms. The molecule has 0 aliphatic carbocycles. The van der Waals surface area contributed by atoms with Crippen molar-refractivity contribution in [3.05, 3.63) is 28.8 Å².